The zero-order valence-electron chi connectivity index (χ0n) is 9.13. The van der Waals surface area contributed by atoms with Gasteiger partial charge in [-0.3, -0.25) is 4.79 Å². The fraction of sp³-hybridized carbons (Fsp3) is 0.900. The molecule has 1 heterocycles. The van der Waals surface area contributed by atoms with E-state index < -0.39 is 0 Å². The molecule has 0 aliphatic carbocycles. The molecular weight excluding hydrogens is 182 g/mol. The first-order valence-corrected chi connectivity index (χ1v) is 4.97. The molecule has 0 aromatic carbocycles. The van der Waals surface area contributed by atoms with Gasteiger partial charge in [0.25, 0.3) is 0 Å². The third-order valence-electron chi connectivity index (χ3n) is 3.19. The van der Waals surface area contributed by atoms with E-state index in [-0.39, 0.29) is 17.3 Å². The average molecular weight is 201 g/mol. The molecule has 2 atom stereocenters. The highest BCUT2D eigenvalue weighted by molar-refractivity contribution is 5.74. The van der Waals surface area contributed by atoms with Crippen LogP contribution in [0.2, 0.25) is 0 Å². The van der Waals surface area contributed by atoms with Gasteiger partial charge in [0.05, 0.1) is 19.6 Å². The predicted molar refractivity (Wildman–Crippen MR) is 53.0 cm³/mol. The van der Waals surface area contributed by atoms with E-state index in [9.17, 15) is 4.79 Å². The lowest BCUT2D eigenvalue weighted by molar-refractivity contribution is -0.149. The largest absolute Gasteiger partial charge is 0.469 e. The number of esters is 1. The molecule has 82 valence electrons. The van der Waals surface area contributed by atoms with Crippen molar-refractivity contribution in [2.75, 3.05) is 33.9 Å². The van der Waals surface area contributed by atoms with Gasteiger partial charge in [-0.1, -0.05) is 6.92 Å². The van der Waals surface area contributed by atoms with Gasteiger partial charge in [0.1, 0.15) is 0 Å². The maximum Gasteiger partial charge on any atom is 0.310 e. The third-order valence-corrected chi connectivity index (χ3v) is 3.19. The van der Waals surface area contributed by atoms with E-state index in [1.807, 2.05) is 0 Å². The number of rotatable bonds is 4. The van der Waals surface area contributed by atoms with Gasteiger partial charge in [-0.25, -0.2) is 0 Å². The van der Waals surface area contributed by atoms with Crippen LogP contribution in [0.1, 0.15) is 13.3 Å². The number of ether oxygens (including phenoxy) is 2. The molecule has 4 nitrogen and oxygen atoms in total. The molecule has 0 spiro atoms. The van der Waals surface area contributed by atoms with E-state index in [4.69, 9.17) is 9.47 Å². The van der Waals surface area contributed by atoms with Crippen molar-refractivity contribution >= 4 is 5.97 Å². The number of methoxy groups -OCH3 is 2. The van der Waals surface area contributed by atoms with E-state index in [0.717, 1.165) is 13.0 Å². The molecule has 0 aromatic heterocycles. The third kappa shape index (κ3) is 1.91. The van der Waals surface area contributed by atoms with Crippen molar-refractivity contribution in [2.45, 2.75) is 13.3 Å². The standard InChI is InChI=1S/C10H19NO3/c1-4-10(7-13-2)6-11-5-8(10)9(12)14-3/h8,11H,4-7H2,1-3H3. The summed E-state index contributed by atoms with van der Waals surface area (Å²) in [5.74, 6) is -0.202. The summed E-state index contributed by atoms with van der Waals surface area (Å²) in [5.41, 5.74) is -0.0815. The van der Waals surface area contributed by atoms with Crippen LogP contribution in [-0.4, -0.2) is 39.9 Å². The zero-order valence-corrected chi connectivity index (χ0v) is 9.13. The van der Waals surface area contributed by atoms with Crippen molar-refractivity contribution in [2.24, 2.45) is 11.3 Å². The molecule has 1 fully saturated rings. The van der Waals surface area contributed by atoms with Crippen LogP contribution in [0.15, 0.2) is 0 Å². The second-order valence-corrected chi connectivity index (χ2v) is 3.86. The van der Waals surface area contributed by atoms with Crippen LogP contribution in [-0.2, 0) is 14.3 Å². The average Bonchev–Trinajstić information content (AvgIpc) is 2.62. The van der Waals surface area contributed by atoms with Gasteiger partial charge in [-0.05, 0) is 6.42 Å². The van der Waals surface area contributed by atoms with Gasteiger partial charge in [0.15, 0.2) is 0 Å². The van der Waals surface area contributed by atoms with Crippen molar-refractivity contribution in [3.8, 4) is 0 Å². The summed E-state index contributed by atoms with van der Waals surface area (Å²) < 4.78 is 10.0. The molecule has 0 saturated carbocycles. The number of hydrogen-bond donors (Lipinski definition) is 1. The van der Waals surface area contributed by atoms with E-state index in [1.54, 1.807) is 7.11 Å². The normalized spacial score (nSPS) is 31.8. The summed E-state index contributed by atoms with van der Waals surface area (Å²) in [6.07, 6.45) is 0.924. The molecule has 1 aliphatic rings. The summed E-state index contributed by atoms with van der Waals surface area (Å²) in [4.78, 5) is 11.5. The van der Waals surface area contributed by atoms with Crippen LogP contribution in [0.4, 0.5) is 0 Å². The molecular formula is C10H19NO3. The van der Waals surface area contributed by atoms with Crippen LogP contribution >= 0.6 is 0 Å². The summed E-state index contributed by atoms with van der Waals surface area (Å²) in [6, 6.07) is 0. The summed E-state index contributed by atoms with van der Waals surface area (Å²) >= 11 is 0. The first-order valence-electron chi connectivity index (χ1n) is 4.97. The van der Waals surface area contributed by atoms with Crippen LogP contribution in [0.5, 0.6) is 0 Å². The maximum atomic E-state index is 11.5. The number of carbonyl (C=O) groups excluding carboxylic acids is 1. The lowest BCUT2D eigenvalue weighted by Gasteiger charge is -2.31. The van der Waals surface area contributed by atoms with E-state index >= 15 is 0 Å². The minimum absolute atomic E-state index is 0.0718. The van der Waals surface area contributed by atoms with Gasteiger partial charge >= 0.3 is 5.97 Å². The first kappa shape index (κ1) is 11.5. The molecule has 1 aliphatic heterocycles. The Morgan fingerprint density at radius 2 is 2.29 bits per heavy atom. The van der Waals surface area contributed by atoms with Crippen LogP contribution in [0.3, 0.4) is 0 Å². The highest BCUT2D eigenvalue weighted by atomic mass is 16.5. The highest BCUT2D eigenvalue weighted by Crippen LogP contribution is 2.35. The SMILES string of the molecule is CCC1(COC)CNCC1C(=O)OC. The molecule has 1 N–H and O–H groups in total. The van der Waals surface area contributed by atoms with Crippen molar-refractivity contribution < 1.29 is 14.3 Å². The Kier molecular flexibility index (Phi) is 3.89. The second kappa shape index (κ2) is 4.75. The number of carbonyl (C=O) groups is 1. The predicted octanol–water partition coefficient (Wildman–Crippen LogP) is 0.422. The van der Waals surface area contributed by atoms with Gasteiger partial charge < -0.3 is 14.8 Å². The molecule has 1 rings (SSSR count). The molecule has 2 unspecified atom stereocenters. The monoisotopic (exact) mass is 201 g/mol. The smallest absolute Gasteiger partial charge is 0.310 e. The van der Waals surface area contributed by atoms with Gasteiger partial charge in [0.2, 0.25) is 0 Å². The molecule has 4 heteroatoms. The van der Waals surface area contributed by atoms with Crippen molar-refractivity contribution in [1.29, 1.82) is 0 Å². The molecule has 0 aromatic rings. The fourth-order valence-electron chi connectivity index (χ4n) is 2.19. The van der Waals surface area contributed by atoms with Crippen LogP contribution in [0.25, 0.3) is 0 Å². The first-order chi connectivity index (χ1) is 6.70. The van der Waals surface area contributed by atoms with Crippen molar-refractivity contribution in [3.63, 3.8) is 0 Å². The highest BCUT2D eigenvalue weighted by Gasteiger charge is 2.46. The molecule has 14 heavy (non-hydrogen) atoms. The van der Waals surface area contributed by atoms with E-state index in [2.05, 4.69) is 12.2 Å². The minimum Gasteiger partial charge on any atom is -0.469 e. The minimum atomic E-state index is -0.131. The summed E-state index contributed by atoms with van der Waals surface area (Å²) in [5, 5.41) is 3.23. The summed E-state index contributed by atoms with van der Waals surface area (Å²) in [6.45, 7) is 4.22. The van der Waals surface area contributed by atoms with Crippen molar-refractivity contribution in [3.05, 3.63) is 0 Å². The Morgan fingerprint density at radius 3 is 2.79 bits per heavy atom. The quantitative estimate of drug-likeness (QED) is 0.670. The topological polar surface area (TPSA) is 47.6 Å². The number of hydrogen-bond acceptors (Lipinski definition) is 4. The molecule has 0 radical (unpaired) electrons. The second-order valence-electron chi connectivity index (χ2n) is 3.86. The van der Waals surface area contributed by atoms with Gasteiger partial charge in [-0.15, -0.1) is 0 Å². The van der Waals surface area contributed by atoms with E-state index in [0.29, 0.717) is 13.2 Å². The maximum absolute atomic E-state index is 11.5. The lowest BCUT2D eigenvalue weighted by atomic mass is 9.76. The Labute approximate surface area is 85.0 Å². The lowest BCUT2D eigenvalue weighted by Crippen LogP contribution is -2.39. The Bertz CT molecular complexity index is 208. The molecule has 0 amide bonds. The van der Waals surface area contributed by atoms with Crippen molar-refractivity contribution in [1.82, 2.24) is 5.32 Å². The van der Waals surface area contributed by atoms with Gasteiger partial charge in [-0.2, -0.15) is 0 Å². The Balaban J connectivity index is 2.77. The summed E-state index contributed by atoms with van der Waals surface area (Å²) in [7, 11) is 3.11. The van der Waals surface area contributed by atoms with E-state index in [1.165, 1.54) is 7.11 Å². The molecule has 1 saturated heterocycles. The van der Waals surface area contributed by atoms with Gasteiger partial charge in [0, 0.05) is 25.6 Å². The number of nitrogens with one attached hydrogen (secondary N) is 1. The fourth-order valence-corrected chi connectivity index (χ4v) is 2.19. The molecule has 0 bridgehead atoms. The zero-order chi connectivity index (χ0) is 10.6. The Morgan fingerprint density at radius 1 is 1.57 bits per heavy atom. The van der Waals surface area contributed by atoms with Crippen LogP contribution in [0, 0.1) is 11.3 Å². The van der Waals surface area contributed by atoms with Crippen LogP contribution < -0.4 is 5.32 Å². The Hall–Kier alpha value is -0.610.